The van der Waals surface area contributed by atoms with Gasteiger partial charge in [-0.3, -0.25) is 9.10 Å². The van der Waals surface area contributed by atoms with Crippen molar-refractivity contribution in [3.8, 4) is 0 Å². The summed E-state index contributed by atoms with van der Waals surface area (Å²) >= 11 is 7.79. The molecule has 2 aromatic carbocycles. The van der Waals surface area contributed by atoms with Gasteiger partial charge in [0.25, 0.3) is 10.0 Å². The molecule has 6 nitrogen and oxygen atoms in total. The van der Waals surface area contributed by atoms with Crippen LogP contribution in [0.4, 0.5) is 5.69 Å². The molecule has 0 radical (unpaired) electrons. The highest BCUT2D eigenvalue weighted by Gasteiger charge is 2.27. The molecule has 0 aliphatic rings. The van der Waals surface area contributed by atoms with Crippen molar-refractivity contribution in [1.29, 1.82) is 0 Å². The average molecular weight is 493 g/mol. The number of furan rings is 1. The Hall–Kier alpha value is -2.42. The quantitative estimate of drug-likeness (QED) is 0.386. The molecule has 3 aromatic rings. The fourth-order valence-electron chi connectivity index (χ4n) is 2.94. The number of sulfonamides is 1. The summed E-state index contributed by atoms with van der Waals surface area (Å²) in [5, 5.41) is 3.20. The van der Waals surface area contributed by atoms with Crippen molar-refractivity contribution in [3.05, 3.63) is 83.3 Å². The smallest absolute Gasteiger partial charge is 0.264 e. The first-order valence-corrected chi connectivity index (χ1v) is 13.1. The Morgan fingerprint density at radius 1 is 1.12 bits per heavy atom. The Morgan fingerprint density at radius 2 is 1.91 bits per heavy atom. The first kappa shape index (κ1) is 24.2. The molecule has 0 atom stereocenters. The van der Waals surface area contributed by atoms with Gasteiger partial charge in [0.1, 0.15) is 12.3 Å². The largest absolute Gasteiger partial charge is 0.468 e. The van der Waals surface area contributed by atoms with Gasteiger partial charge in [-0.15, -0.1) is 0 Å². The van der Waals surface area contributed by atoms with E-state index in [1.807, 2.05) is 19.1 Å². The number of anilines is 1. The number of nitrogens with zero attached hydrogens (tertiary/aromatic N) is 1. The highest BCUT2D eigenvalue weighted by atomic mass is 35.5. The highest BCUT2D eigenvalue weighted by Crippen LogP contribution is 2.26. The van der Waals surface area contributed by atoms with Gasteiger partial charge in [0, 0.05) is 11.6 Å². The molecule has 0 saturated carbocycles. The standard InChI is InChI=1S/C23H25ClN2O4S2/c1-18-8-10-22(11-9-18)32(28,29)26(20-6-2-5-19(24)15-20)16-23(27)25-12-4-14-31-17-21-7-3-13-30-21/h2-3,5-11,13,15H,4,12,14,16-17H2,1H3,(H,25,27). The maximum absolute atomic E-state index is 13.3. The molecule has 0 spiro atoms. The van der Waals surface area contributed by atoms with Crippen molar-refractivity contribution in [2.24, 2.45) is 0 Å². The van der Waals surface area contributed by atoms with Crippen molar-refractivity contribution in [1.82, 2.24) is 5.32 Å². The van der Waals surface area contributed by atoms with Crippen LogP contribution in [0.15, 0.2) is 76.2 Å². The number of carbonyl (C=O) groups is 1. The molecule has 170 valence electrons. The van der Waals surface area contributed by atoms with Crippen LogP contribution < -0.4 is 9.62 Å². The topological polar surface area (TPSA) is 79.6 Å². The second kappa shape index (κ2) is 11.4. The molecule has 0 aliphatic carbocycles. The van der Waals surface area contributed by atoms with Crippen LogP contribution in [-0.2, 0) is 20.6 Å². The number of hydrogen-bond acceptors (Lipinski definition) is 5. The van der Waals surface area contributed by atoms with Gasteiger partial charge >= 0.3 is 0 Å². The second-order valence-corrected chi connectivity index (χ2v) is 10.5. The molecule has 1 amide bonds. The van der Waals surface area contributed by atoms with Crippen molar-refractivity contribution < 1.29 is 17.6 Å². The summed E-state index contributed by atoms with van der Waals surface area (Å²) < 4.78 is 33.0. The Balaban J connectivity index is 1.62. The molecule has 9 heteroatoms. The summed E-state index contributed by atoms with van der Waals surface area (Å²) in [6, 6.07) is 16.8. The summed E-state index contributed by atoms with van der Waals surface area (Å²) in [6.07, 6.45) is 2.41. The zero-order valence-corrected chi connectivity index (χ0v) is 20.0. The third-order valence-corrected chi connectivity index (χ3v) is 7.69. The third kappa shape index (κ3) is 6.79. The molecule has 0 fully saturated rings. The van der Waals surface area contributed by atoms with Crippen LogP contribution in [0.3, 0.4) is 0 Å². The zero-order valence-electron chi connectivity index (χ0n) is 17.7. The highest BCUT2D eigenvalue weighted by molar-refractivity contribution is 7.98. The number of aryl methyl sites for hydroxylation is 1. The lowest BCUT2D eigenvalue weighted by Crippen LogP contribution is -2.41. The van der Waals surface area contributed by atoms with E-state index in [1.165, 1.54) is 18.2 Å². The van der Waals surface area contributed by atoms with E-state index in [2.05, 4.69) is 5.32 Å². The predicted octanol–water partition coefficient (Wildman–Crippen LogP) is 4.88. The number of halogens is 1. The SMILES string of the molecule is Cc1ccc(S(=O)(=O)N(CC(=O)NCCCSCc2ccco2)c2cccc(Cl)c2)cc1. The summed E-state index contributed by atoms with van der Waals surface area (Å²) in [6.45, 7) is 2.00. The van der Waals surface area contributed by atoms with Gasteiger partial charge in [-0.2, -0.15) is 11.8 Å². The summed E-state index contributed by atoms with van der Waals surface area (Å²) in [5.41, 5.74) is 1.28. The number of amides is 1. The molecule has 0 unspecified atom stereocenters. The molecule has 0 saturated heterocycles. The van der Waals surface area contributed by atoms with Crippen molar-refractivity contribution in [2.45, 2.75) is 24.0 Å². The normalized spacial score (nSPS) is 11.3. The van der Waals surface area contributed by atoms with Crippen LogP contribution >= 0.6 is 23.4 Å². The number of rotatable bonds is 11. The molecule has 1 aromatic heterocycles. The lowest BCUT2D eigenvalue weighted by atomic mass is 10.2. The molecular formula is C23H25ClN2O4S2. The predicted molar refractivity (Wildman–Crippen MR) is 130 cm³/mol. The van der Waals surface area contributed by atoms with E-state index in [0.29, 0.717) is 17.3 Å². The minimum absolute atomic E-state index is 0.116. The molecule has 0 bridgehead atoms. The van der Waals surface area contributed by atoms with Crippen LogP contribution in [0, 0.1) is 6.92 Å². The van der Waals surface area contributed by atoms with Gasteiger partial charge in [-0.1, -0.05) is 35.4 Å². The van der Waals surface area contributed by atoms with Gasteiger partial charge < -0.3 is 9.73 Å². The van der Waals surface area contributed by atoms with Gasteiger partial charge in [0.15, 0.2) is 0 Å². The third-order valence-electron chi connectivity index (χ3n) is 4.60. The minimum Gasteiger partial charge on any atom is -0.468 e. The van der Waals surface area contributed by atoms with Crippen LogP contribution in [0.1, 0.15) is 17.7 Å². The molecular weight excluding hydrogens is 468 g/mol. The van der Waals surface area contributed by atoms with E-state index in [-0.39, 0.29) is 17.3 Å². The van der Waals surface area contributed by atoms with Crippen molar-refractivity contribution >= 4 is 45.0 Å². The summed E-state index contributed by atoms with van der Waals surface area (Å²) in [5.74, 6) is 2.16. The Labute approximate surface area is 198 Å². The number of benzene rings is 2. The molecule has 32 heavy (non-hydrogen) atoms. The first-order valence-electron chi connectivity index (χ1n) is 10.1. The maximum atomic E-state index is 13.3. The molecule has 0 aliphatic heterocycles. The Bertz CT molecular complexity index is 1120. The zero-order chi connectivity index (χ0) is 23.0. The van der Waals surface area contributed by atoms with E-state index in [1.54, 1.807) is 48.4 Å². The van der Waals surface area contributed by atoms with Gasteiger partial charge in [0.2, 0.25) is 5.91 Å². The first-order chi connectivity index (χ1) is 15.4. The van der Waals surface area contributed by atoms with Crippen LogP contribution in [0.5, 0.6) is 0 Å². The van der Waals surface area contributed by atoms with E-state index in [4.69, 9.17) is 16.0 Å². The van der Waals surface area contributed by atoms with Crippen molar-refractivity contribution in [3.63, 3.8) is 0 Å². The monoisotopic (exact) mass is 492 g/mol. The van der Waals surface area contributed by atoms with E-state index >= 15 is 0 Å². The van der Waals surface area contributed by atoms with Gasteiger partial charge in [-0.25, -0.2) is 8.42 Å². The lowest BCUT2D eigenvalue weighted by Gasteiger charge is -2.24. The van der Waals surface area contributed by atoms with Crippen LogP contribution in [0.25, 0.3) is 0 Å². The number of carbonyl (C=O) groups excluding carboxylic acids is 1. The fourth-order valence-corrected chi connectivity index (χ4v) is 5.40. The summed E-state index contributed by atoms with van der Waals surface area (Å²) in [4.78, 5) is 12.7. The number of hydrogen-bond donors (Lipinski definition) is 1. The maximum Gasteiger partial charge on any atom is 0.264 e. The fraction of sp³-hybridized carbons (Fsp3) is 0.261. The number of thioether (sulfide) groups is 1. The minimum atomic E-state index is -3.95. The molecule has 1 heterocycles. The van der Waals surface area contributed by atoms with E-state index in [9.17, 15) is 13.2 Å². The molecule has 3 rings (SSSR count). The Kier molecular flexibility index (Phi) is 8.67. The number of nitrogens with one attached hydrogen (secondary N) is 1. The van der Waals surface area contributed by atoms with Crippen LogP contribution in [0.2, 0.25) is 5.02 Å². The Morgan fingerprint density at radius 3 is 2.59 bits per heavy atom. The van der Waals surface area contributed by atoms with Crippen molar-refractivity contribution in [2.75, 3.05) is 23.1 Å². The average Bonchev–Trinajstić information content (AvgIpc) is 3.28. The van der Waals surface area contributed by atoms with E-state index in [0.717, 1.165) is 33.6 Å². The van der Waals surface area contributed by atoms with Gasteiger partial charge in [-0.05, 0) is 61.6 Å². The van der Waals surface area contributed by atoms with Gasteiger partial charge in [0.05, 0.1) is 22.6 Å². The van der Waals surface area contributed by atoms with Crippen LogP contribution in [-0.4, -0.2) is 33.2 Å². The van der Waals surface area contributed by atoms with E-state index < -0.39 is 10.0 Å². The molecule has 1 N–H and O–H groups in total. The summed E-state index contributed by atoms with van der Waals surface area (Å²) in [7, 11) is -3.95. The second-order valence-electron chi connectivity index (χ2n) is 7.14. The lowest BCUT2D eigenvalue weighted by molar-refractivity contribution is -0.119.